The van der Waals surface area contributed by atoms with E-state index in [9.17, 15) is 5.11 Å². The van der Waals surface area contributed by atoms with Crippen LogP contribution in [0.5, 0.6) is 0 Å². The third-order valence-electron chi connectivity index (χ3n) is 5.28. The van der Waals surface area contributed by atoms with E-state index in [0.29, 0.717) is 11.8 Å². The molecule has 0 amide bonds. The van der Waals surface area contributed by atoms with Crippen molar-refractivity contribution in [1.82, 2.24) is 15.5 Å². The van der Waals surface area contributed by atoms with E-state index >= 15 is 0 Å². The molecule has 0 radical (unpaired) electrons. The molecule has 0 aromatic carbocycles. The van der Waals surface area contributed by atoms with Gasteiger partial charge in [0.2, 0.25) is 0 Å². The Bertz CT molecular complexity index is 534. The quantitative estimate of drug-likeness (QED) is 0.488. The van der Waals surface area contributed by atoms with Gasteiger partial charge in [0, 0.05) is 19.1 Å². The minimum atomic E-state index is -1.11. The Labute approximate surface area is 158 Å². The van der Waals surface area contributed by atoms with Crippen LogP contribution in [-0.2, 0) is 5.60 Å². The van der Waals surface area contributed by atoms with Crippen molar-refractivity contribution in [2.24, 2.45) is 10.9 Å². The molecule has 1 saturated carbocycles. The number of likely N-dealkylation sites (N-methyl/N-ethyl adjacent to an activating group) is 1. The van der Waals surface area contributed by atoms with Gasteiger partial charge in [-0.15, -0.1) is 0 Å². The van der Waals surface area contributed by atoms with E-state index in [4.69, 9.17) is 4.42 Å². The molecule has 2 rings (SSSR count). The lowest BCUT2D eigenvalue weighted by atomic mass is 9.83. The SMILES string of the molecule is CCNC(=NCC(C)(O)c1ccco1)NCC(C1CCCCC1)N(C)C. The average Bonchev–Trinajstić information content (AvgIpc) is 3.16. The van der Waals surface area contributed by atoms with Gasteiger partial charge < -0.3 is 25.1 Å². The van der Waals surface area contributed by atoms with Gasteiger partial charge in [0.05, 0.1) is 12.8 Å². The van der Waals surface area contributed by atoms with Crippen molar-refractivity contribution >= 4 is 5.96 Å². The summed E-state index contributed by atoms with van der Waals surface area (Å²) in [6.07, 6.45) is 8.25. The van der Waals surface area contributed by atoms with E-state index in [-0.39, 0.29) is 6.54 Å². The molecule has 1 heterocycles. The Morgan fingerprint density at radius 2 is 2.08 bits per heavy atom. The molecule has 1 aliphatic carbocycles. The summed E-state index contributed by atoms with van der Waals surface area (Å²) >= 11 is 0. The highest BCUT2D eigenvalue weighted by Crippen LogP contribution is 2.28. The molecule has 3 N–H and O–H groups in total. The summed E-state index contributed by atoms with van der Waals surface area (Å²) < 4.78 is 5.33. The largest absolute Gasteiger partial charge is 0.466 e. The predicted molar refractivity (Wildman–Crippen MR) is 106 cm³/mol. The van der Waals surface area contributed by atoms with Crippen molar-refractivity contribution in [3.05, 3.63) is 24.2 Å². The number of guanidine groups is 1. The monoisotopic (exact) mass is 364 g/mol. The van der Waals surface area contributed by atoms with Gasteiger partial charge in [-0.3, -0.25) is 0 Å². The molecular formula is C20H36N4O2. The van der Waals surface area contributed by atoms with Crippen LogP contribution in [-0.4, -0.2) is 55.7 Å². The number of hydrogen-bond acceptors (Lipinski definition) is 4. The number of rotatable bonds is 8. The predicted octanol–water partition coefficient (Wildman–Crippen LogP) is 2.55. The van der Waals surface area contributed by atoms with Crippen LogP contribution < -0.4 is 10.6 Å². The number of furan rings is 1. The number of nitrogens with one attached hydrogen (secondary N) is 2. The maximum absolute atomic E-state index is 10.6. The Morgan fingerprint density at radius 1 is 1.35 bits per heavy atom. The minimum Gasteiger partial charge on any atom is -0.466 e. The minimum absolute atomic E-state index is 0.242. The maximum Gasteiger partial charge on any atom is 0.191 e. The molecule has 0 saturated heterocycles. The topological polar surface area (TPSA) is 73.0 Å². The molecule has 1 fully saturated rings. The number of aliphatic imine (C=N–C) groups is 1. The average molecular weight is 365 g/mol. The zero-order valence-corrected chi connectivity index (χ0v) is 16.8. The van der Waals surface area contributed by atoms with Crippen LogP contribution in [0.1, 0.15) is 51.7 Å². The first-order valence-electron chi connectivity index (χ1n) is 9.89. The zero-order valence-electron chi connectivity index (χ0n) is 16.8. The molecule has 2 unspecified atom stereocenters. The smallest absolute Gasteiger partial charge is 0.191 e. The molecule has 2 atom stereocenters. The first kappa shape index (κ1) is 20.8. The lowest BCUT2D eigenvalue weighted by molar-refractivity contribution is 0.0436. The Kier molecular flexibility index (Phi) is 7.97. The molecule has 1 aromatic rings. The van der Waals surface area contributed by atoms with Crippen molar-refractivity contribution < 1.29 is 9.52 Å². The molecule has 0 bridgehead atoms. The normalized spacial score (nSPS) is 20.0. The third kappa shape index (κ3) is 6.02. The summed E-state index contributed by atoms with van der Waals surface area (Å²) in [6, 6.07) is 4.05. The number of nitrogens with zero attached hydrogens (tertiary/aromatic N) is 2. The van der Waals surface area contributed by atoms with E-state index < -0.39 is 5.60 Å². The van der Waals surface area contributed by atoms with Crippen LogP contribution in [0, 0.1) is 5.92 Å². The Hall–Kier alpha value is -1.53. The molecule has 6 heteroatoms. The second-order valence-corrected chi connectivity index (χ2v) is 7.76. The Morgan fingerprint density at radius 3 is 2.65 bits per heavy atom. The first-order valence-corrected chi connectivity index (χ1v) is 9.89. The zero-order chi connectivity index (χ0) is 19.0. The van der Waals surface area contributed by atoms with Gasteiger partial charge >= 0.3 is 0 Å². The van der Waals surface area contributed by atoms with Crippen LogP contribution in [0.3, 0.4) is 0 Å². The summed E-state index contributed by atoms with van der Waals surface area (Å²) in [5.41, 5.74) is -1.11. The van der Waals surface area contributed by atoms with Gasteiger partial charge in [-0.25, -0.2) is 4.99 Å². The third-order valence-corrected chi connectivity index (χ3v) is 5.28. The van der Waals surface area contributed by atoms with Crippen molar-refractivity contribution in [2.45, 2.75) is 57.6 Å². The highest BCUT2D eigenvalue weighted by Gasteiger charge is 2.27. The summed E-state index contributed by atoms with van der Waals surface area (Å²) in [5.74, 6) is 2.01. The van der Waals surface area contributed by atoms with Gasteiger partial charge in [0.1, 0.15) is 11.4 Å². The highest BCUT2D eigenvalue weighted by atomic mass is 16.4. The molecule has 1 aliphatic rings. The van der Waals surface area contributed by atoms with Gasteiger partial charge in [-0.1, -0.05) is 19.3 Å². The van der Waals surface area contributed by atoms with Gasteiger partial charge in [-0.05, 0) is 58.8 Å². The molecule has 0 spiro atoms. The summed E-state index contributed by atoms with van der Waals surface area (Å²) in [7, 11) is 4.32. The lowest BCUT2D eigenvalue weighted by Gasteiger charge is -2.35. The molecule has 26 heavy (non-hydrogen) atoms. The molecule has 6 nitrogen and oxygen atoms in total. The van der Waals surface area contributed by atoms with Gasteiger partial charge in [0.15, 0.2) is 5.96 Å². The fourth-order valence-corrected chi connectivity index (χ4v) is 3.73. The van der Waals surface area contributed by atoms with Crippen molar-refractivity contribution in [3.8, 4) is 0 Å². The number of aliphatic hydroxyl groups is 1. The second kappa shape index (κ2) is 9.97. The first-order chi connectivity index (χ1) is 12.4. The summed E-state index contributed by atoms with van der Waals surface area (Å²) in [6.45, 7) is 5.65. The molecule has 0 aliphatic heterocycles. The molecule has 1 aromatic heterocycles. The van der Waals surface area contributed by atoms with Crippen LogP contribution in [0.2, 0.25) is 0 Å². The molecule has 148 valence electrons. The second-order valence-electron chi connectivity index (χ2n) is 7.76. The number of hydrogen-bond donors (Lipinski definition) is 3. The lowest BCUT2D eigenvalue weighted by Crippen LogP contribution is -2.48. The van der Waals surface area contributed by atoms with Crippen LogP contribution in [0.25, 0.3) is 0 Å². The van der Waals surface area contributed by atoms with Crippen LogP contribution in [0.4, 0.5) is 0 Å². The fraction of sp³-hybridized carbons (Fsp3) is 0.750. The molecular weight excluding hydrogens is 328 g/mol. The summed E-state index contributed by atoms with van der Waals surface area (Å²) in [5, 5.41) is 17.3. The van der Waals surface area contributed by atoms with E-state index in [1.807, 2.05) is 6.92 Å². The van der Waals surface area contributed by atoms with Crippen LogP contribution in [0.15, 0.2) is 27.8 Å². The van der Waals surface area contributed by atoms with E-state index in [0.717, 1.165) is 25.0 Å². The van der Waals surface area contributed by atoms with Crippen molar-refractivity contribution in [1.29, 1.82) is 0 Å². The summed E-state index contributed by atoms with van der Waals surface area (Å²) in [4.78, 5) is 6.91. The van der Waals surface area contributed by atoms with E-state index in [1.165, 1.54) is 32.1 Å². The fourth-order valence-electron chi connectivity index (χ4n) is 3.73. The Balaban J connectivity index is 1.97. The maximum atomic E-state index is 10.6. The standard InChI is InChI=1S/C20H36N4O2/c1-5-21-19(23-15-20(2,25)18-12-9-13-26-18)22-14-17(24(3)4)16-10-7-6-8-11-16/h9,12-13,16-17,25H,5-8,10-11,14-15H2,1-4H3,(H2,21,22,23). The van der Waals surface area contributed by atoms with E-state index in [2.05, 4.69) is 34.6 Å². The van der Waals surface area contributed by atoms with Gasteiger partial charge in [-0.2, -0.15) is 0 Å². The van der Waals surface area contributed by atoms with Crippen molar-refractivity contribution in [3.63, 3.8) is 0 Å². The van der Waals surface area contributed by atoms with Crippen LogP contribution >= 0.6 is 0 Å². The van der Waals surface area contributed by atoms with Gasteiger partial charge in [0.25, 0.3) is 0 Å². The van der Waals surface area contributed by atoms with E-state index in [1.54, 1.807) is 25.3 Å². The van der Waals surface area contributed by atoms with Crippen molar-refractivity contribution in [2.75, 3.05) is 33.7 Å². The highest BCUT2D eigenvalue weighted by molar-refractivity contribution is 5.79.